The van der Waals surface area contributed by atoms with Gasteiger partial charge in [0.2, 0.25) is 0 Å². The quantitative estimate of drug-likeness (QED) is 0.615. The van der Waals surface area contributed by atoms with Gasteiger partial charge in [0.1, 0.15) is 5.82 Å². The fourth-order valence-corrected chi connectivity index (χ4v) is 7.43. The first kappa shape index (κ1) is 19.5. The van der Waals surface area contributed by atoms with Gasteiger partial charge in [-0.2, -0.15) is 0 Å². The maximum Gasteiger partial charge on any atom is 0.130 e. The summed E-state index contributed by atoms with van der Waals surface area (Å²) in [5, 5.41) is 21.4. The van der Waals surface area contributed by atoms with Gasteiger partial charge in [-0.15, -0.1) is 0 Å². The molecule has 0 radical (unpaired) electrons. The van der Waals surface area contributed by atoms with E-state index in [0.717, 1.165) is 50.5 Å². The van der Waals surface area contributed by atoms with Gasteiger partial charge in [-0.3, -0.25) is 0 Å². The molecule has 7 atom stereocenters. The van der Waals surface area contributed by atoms with Crippen LogP contribution in [-0.4, -0.2) is 22.4 Å². The summed E-state index contributed by atoms with van der Waals surface area (Å²) < 4.78 is 14.2. The average Bonchev–Trinajstić information content (AvgIpc) is 2.95. The third-order valence-corrected chi connectivity index (χ3v) is 9.19. The Morgan fingerprint density at radius 1 is 1.03 bits per heavy atom. The van der Waals surface area contributed by atoms with Crippen molar-refractivity contribution in [1.82, 2.24) is 0 Å². The van der Waals surface area contributed by atoms with Crippen LogP contribution in [0.1, 0.15) is 64.4 Å². The van der Waals surface area contributed by atoms with Crippen LogP contribution >= 0.6 is 0 Å². The molecule has 0 amide bonds. The minimum atomic E-state index is -0.487. The van der Waals surface area contributed by atoms with Gasteiger partial charge in [-0.05, 0) is 79.8 Å². The molecule has 3 fully saturated rings. The van der Waals surface area contributed by atoms with Crippen LogP contribution in [0.4, 0.5) is 4.39 Å². The van der Waals surface area contributed by atoms with Crippen molar-refractivity contribution in [2.24, 2.45) is 28.6 Å². The molecule has 156 valence electrons. The minimum absolute atomic E-state index is 0.117. The van der Waals surface area contributed by atoms with Crippen molar-refractivity contribution in [1.29, 1.82) is 0 Å². The zero-order valence-electron chi connectivity index (χ0n) is 17.6. The van der Waals surface area contributed by atoms with Gasteiger partial charge in [-0.25, -0.2) is 4.39 Å². The number of hydrogen-bond acceptors (Lipinski definition) is 2. The number of allylic oxidation sites excluding steroid dienone is 1. The summed E-state index contributed by atoms with van der Waals surface area (Å²) >= 11 is 0. The lowest BCUT2D eigenvalue weighted by atomic mass is 9.48. The predicted molar refractivity (Wildman–Crippen MR) is 113 cm³/mol. The van der Waals surface area contributed by atoms with Crippen LogP contribution in [0.15, 0.2) is 41.5 Å². The zero-order valence-corrected chi connectivity index (χ0v) is 17.6. The van der Waals surface area contributed by atoms with Crippen LogP contribution in [0.25, 0.3) is 6.08 Å². The summed E-state index contributed by atoms with van der Waals surface area (Å²) in [5.74, 6) is 1.42. The highest BCUT2D eigenvalue weighted by Crippen LogP contribution is 2.65. The van der Waals surface area contributed by atoms with Gasteiger partial charge in [0, 0.05) is 11.0 Å². The average molecular weight is 397 g/mol. The highest BCUT2D eigenvalue weighted by Gasteiger charge is 2.59. The van der Waals surface area contributed by atoms with Gasteiger partial charge < -0.3 is 10.2 Å². The van der Waals surface area contributed by atoms with Gasteiger partial charge in [0.25, 0.3) is 0 Å². The number of hydrogen-bond donors (Lipinski definition) is 2. The molecule has 5 rings (SSSR count). The molecule has 4 aliphatic carbocycles. The first-order valence-corrected chi connectivity index (χ1v) is 11.3. The van der Waals surface area contributed by atoms with E-state index in [-0.39, 0.29) is 22.8 Å². The van der Waals surface area contributed by atoms with E-state index >= 15 is 0 Å². The number of halogens is 1. The maximum absolute atomic E-state index is 14.2. The molecule has 0 spiro atoms. The molecule has 3 heteroatoms. The van der Waals surface area contributed by atoms with E-state index in [1.54, 1.807) is 12.1 Å². The SMILES string of the molecule is C[C@@]12CC[C@@H]3[C@H](CC=C4C[C@@H](O)CC[C@@]43C)[C@H]1C/C(=C/c1ccccc1F)[C@@H]2O. The molecule has 1 aromatic carbocycles. The number of aliphatic hydroxyl groups excluding tert-OH is 2. The van der Waals surface area contributed by atoms with E-state index < -0.39 is 6.10 Å². The fourth-order valence-electron chi connectivity index (χ4n) is 7.43. The summed E-state index contributed by atoms with van der Waals surface area (Å²) in [7, 11) is 0. The Balaban J connectivity index is 1.48. The number of aliphatic hydroxyl groups is 2. The van der Waals surface area contributed by atoms with Crippen molar-refractivity contribution in [3.05, 3.63) is 52.9 Å². The smallest absolute Gasteiger partial charge is 0.130 e. The van der Waals surface area contributed by atoms with Crippen LogP contribution in [0.2, 0.25) is 0 Å². The largest absolute Gasteiger partial charge is 0.393 e. The normalized spacial score (nSPS) is 45.3. The highest BCUT2D eigenvalue weighted by atomic mass is 19.1. The summed E-state index contributed by atoms with van der Waals surface area (Å²) in [4.78, 5) is 0. The topological polar surface area (TPSA) is 40.5 Å². The molecule has 3 saturated carbocycles. The predicted octanol–water partition coefficient (Wildman–Crippen LogP) is 5.50. The first-order valence-electron chi connectivity index (χ1n) is 11.3. The molecule has 2 N–H and O–H groups in total. The van der Waals surface area contributed by atoms with E-state index in [0.29, 0.717) is 23.3 Å². The molecule has 1 aromatic rings. The molecule has 0 heterocycles. The molecular formula is C26H33FO2. The molecule has 0 saturated heterocycles. The van der Waals surface area contributed by atoms with Gasteiger partial charge in [0.05, 0.1) is 12.2 Å². The zero-order chi connectivity index (χ0) is 20.4. The standard InChI is InChI=1S/C26H33FO2/c1-25-11-9-19(28)15-18(25)7-8-20-21(25)10-12-26(2)22(20)14-17(24(26)29)13-16-5-3-4-6-23(16)27/h3-7,13,19-22,24,28-29H,8-12,14-15H2,1-2H3/b17-13-/t19-,20-,21+,22+,24-,25-,26+/m0/s1. The fraction of sp³-hybridized carbons (Fsp3) is 0.615. The Morgan fingerprint density at radius 3 is 2.62 bits per heavy atom. The van der Waals surface area contributed by atoms with Crippen molar-refractivity contribution in [2.45, 2.75) is 71.0 Å². The van der Waals surface area contributed by atoms with Crippen molar-refractivity contribution >= 4 is 6.08 Å². The summed E-state index contributed by atoms with van der Waals surface area (Å²) in [6, 6.07) is 6.85. The molecule has 29 heavy (non-hydrogen) atoms. The maximum atomic E-state index is 14.2. The lowest BCUT2D eigenvalue weighted by Gasteiger charge is -2.57. The third-order valence-electron chi connectivity index (χ3n) is 9.19. The van der Waals surface area contributed by atoms with Crippen LogP contribution < -0.4 is 0 Å². The van der Waals surface area contributed by atoms with E-state index in [2.05, 4.69) is 19.9 Å². The Labute approximate surface area is 173 Å². The van der Waals surface area contributed by atoms with Crippen LogP contribution in [0.3, 0.4) is 0 Å². The number of benzene rings is 1. The van der Waals surface area contributed by atoms with Crippen molar-refractivity contribution in [3.8, 4) is 0 Å². The number of fused-ring (bicyclic) bond motifs is 5. The Morgan fingerprint density at radius 2 is 1.83 bits per heavy atom. The lowest BCUT2D eigenvalue weighted by Crippen LogP contribution is -2.51. The van der Waals surface area contributed by atoms with Crippen LogP contribution in [0.5, 0.6) is 0 Å². The Hall–Kier alpha value is -1.45. The van der Waals surface area contributed by atoms with Gasteiger partial charge >= 0.3 is 0 Å². The Bertz CT molecular complexity index is 873. The van der Waals surface area contributed by atoms with Crippen LogP contribution in [-0.2, 0) is 0 Å². The van der Waals surface area contributed by atoms with Gasteiger partial charge in [-0.1, -0.05) is 49.8 Å². The van der Waals surface area contributed by atoms with E-state index in [4.69, 9.17) is 0 Å². The molecule has 0 unspecified atom stereocenters. The second-order valence-electron chi connectivity index (χ2n) is 10.5. The summed E-state index contributed by atoms with van der Waals surface area (Å²) in [6.07, 6.45) is 10.6. The minimum Gasteiger partial charge on any atom is -0.393 e. The second-order valence-corrected chi connectivity index (χ2v) is 10.5. The second kappa shape index (κ2) is 6.78. The lowest BCUT2D eigenvalue weighted by molar-refractivity contribution is -0.0685. The first-order chi connectivity index (χ1) is 13.8. The molecule has 0 aromatic heterocycles. The van der Waals surface area contributed by atoms with E-state index in [1.165, 1.54) is 11.6 Å². The summed E-state index contributed by atoms with van der Waals surface area (Å²) in [5.41, 5.74) is 3.14. The Kier molecular flexibility index (Phi) is 4.56. The highest BCUT2D eigenvalue weighted by molar-refractivity contribution is 5.56. The van der Waals surface area contributed by atoms with Crippen LogP contribution in [0, 0.1) is 34.4 Å². The van der Waals surface area contributed by atoms with Crippen molar-refractivity contribution in [3.63, 3.8) is 0 Å². The van der Waals surface area contributed by atoms with Crippen molar-refractivity contribution in [2.75, 3.05) is 0 Å². The molecule has 0 aliphatic heterocycles. The van der Waals surface area contributed by atoms with E-state index in [1.807, 2.05) is 12.1 Å². The molecule has 4 aliphatic rings. The van der Waals surface area contributed by atoms with Gasteiger partial charge in [0.15, 0.2) is 0 Å². The molecule has 0 bridgehead atoms. The molecule has 2 nitrogen and oxygen atoms in total. The van der Waals surface area contributed by atoms with E-state index in [9.17, 15) is 14.6 Å². The molecular weight excluding hydrogens is 363 g/mol. The third kappa shape index (κ3) is 2.88. The number of rotatable bonds is 1. The van der Waals surface area contributed by atoms with Crippen molar-refractivity contribution < 1.29 is 14.6 Å². The monoisotopic (exact) mass is 396 g/mol. The summed E-state index contributed by atoms with van der Waals surface area (Å²) in [6.45, 7) is 4.68.